The quantitative estimate of drug-likeness (QED) is 0.765. The second-order valence-corrected chi connectivity index (χ2v) is 3.19. The molecule has 0 radical (unpaired) electrons. The molecule has 0 fully saturated rings. The lowest BCUT2D eigenvalue weighted by atomic mass is 10.2. The highest BCUT2D eigenvalue weighted by Gasteiger charge is 2.02. The second-order valence-electron chi connectivity index (χ2n) is 3.19. The number of amides is 1. The smallest absolute Gasteiger partial charge is 0.221 e. The van der Waals surface area contributed by atoms with Crippen LogP contribution in [0.3, 0.4) is 0 Å². The fourth-order valence-electron chi connectivity index (χ4n) is 1.20. The van der Waals surface area contributed by atoms with Gasteiger partial charge in [0, 0.05) is 12.6 Å². The molecule has 0 unspecified atom stereocenters. The Morgan fingerprint density at radius 2 is 2.36 bits per heavy atom. The normalized spacial score (nSPS) is 9.86. The van der Waals surface area contributed by atoms with Crippen molar-refractivity contribution < 1.29 is 4.79 Å². The number of rotatable bonds is 3. The first kappa shape index (κ1) is 10.5. The van der Waals surface area contributed by atoms with E-state index in [0.717, 1.165) is 18.5 Å². The van der Waals surface area contributed by atoms with Gasteiger partial charge >= 0.3 is 0 Å². The summed E-state index contributed by atoms with van der Waals surface area (Å²) in [5.74, 6) is -0.137. The van der Waals surface area contributed by atoms with Crippen molar-refractivity contribution in [3.05, 3.63) is 18.0 Å². The molecular weight excluding hydrogens is 178 g/mol. The third kappa shape index (κ3) is 2.73. The van der Waals surface area contributed by atoms with Gasteiger partial charge in [0.2, 0.25) is 5.91 Å². The van der Waals surface area contributed by atoms with Gasteiger partial charge in [-0.2, -0.15) is 0 Å². The van der Waals surface area contributed by atoms with Crippen LogP contribution in [0.4, 0.5) is 11.4 Å². The molecule has 0 aliphatic carbocycles. The predicted octanol–water partition coefficient (Wildman–Crippen LogP) is 1.57. The van der Waals surface area contributed by atoms with Gasteiger partial charge in [-0.1, -0.05) is 13.3 Å². The van der Waals surface area contributed by atoms with Gasteiger partial charge in [-0.15, -0.1) is 0 Å². The fourth-order valence-corrected chi connectivity index (χ4v) is 1.20. The number of hydrogen-bond acceptors (Lipinski definition) is 3. The Hall–Kier alpha value is -1.58. The summed E-state index contributed by atoms with van der Waals surface area (Å²) >= 11 is 0. The van der Waals surface area contributed by atoms with Crippen LogP contribution in [-0.2, 0) is 11.2 Å². The number of nitrogens with two attached hydrogens (primary N) is 1. The maximum absolute atomic E-state index is 10.8. The minimum atomic E-state index is -0.137. The van der Waals surface area contributed by atoms with E-state index in [1.807, 2.05) is 0 Å². The highest BCUT2D eigenvalue weighted by Crippen LogP contribution is 2.18. The average molecular weight is 193 g/mol. The topological polar surface area (TPSA) is 68.0 Å². The molecule has 1 aromatic heterocycles. The van der Waals surface area contributed by atoms with E-state index < -0.39 is 0 Å². The highest BCUT2D eigenvalue weighted by molar-refractivity contribution is 5.91. The van der Waals surface area contributed by atoms with Crippen LogP contribution in [0.1, 0.15) is 26.0 Å². The van der Waals surface area contributed by atoms with Crippen molar-refractivity contribution in [3.8, 4) is 0 Å². The molecule has 0 aliphatic heterocycles. The predicted molar refractivity (Wildman–Crippen MR) is 56.9 cm³/mol. The molecule has 76 valence electrons. The number of anilines is 2. The molecule has 14 heavy (non-hydrogen) atoms. The van der Waals surface area contributed by atoms with Crippen LogP contribution in [0.5, 0.6) is 0 Å². The van der Waals surface area contributed by atoms with E-state index >= 15 is 0 Å². The summed E-state index contributed by atoms with van der Waals surface area (Å²) in [4.78, 5) is 15.0. The molecule has 0 bridgehead atoms. The van der Waals surface area contributed by atoms with Gasteiger partial charge in [0.15, 0.2) is 0 Å². The van der Waals surface area contributed by atoms with E-state index in [4.69, 9.17) is 5.73 Å². The molecule has 3 N–H and O–H groups in total. The summed E-state index contributed by atoms with van der Waals surface area (Å²) < 4.78 is 0. The largest absolute Gasteiger partial charge is 0.397 e. The summed E-state index contributed by atoms with van der Waals surface area (Å²) in [6.45, 7) is 3.53. The second kappa shape index (κ2) is 4.60. The zero-order valence-electron chi connectivity index (χ0n) is 8.50. The van der Waals surface area contributed by atoms with Gasteiger partial charge in [0.1, 0.15) is 0 Å². The third-order valence-corrected chi connectivity index (χ3v) is 1.81. The maximum Gasteiger partial charge on any atom is 0.221 e. The highest BCUT2D eigenvalue weighted by atomic mass is 16.1. The molecular formula is C10H15N3O. The molecule has 1 aromatic rings. The van der Waals surface area contributed by atoms with E-state index in [1.165, 1.54) is 6.92 Å². The number of carbonyl (C=O) groups is 1. The fraction of sp³-hybridized carbons (Fsp3) is 0.400. The molecule has 4 nitrogen and oxygen atoms in total. The lowest BCUT2D eigenvalue weighted by molar-refractivity contribution is -0.114. The number of carbonyl (C=O) groups excluding carboxylic acids is 1. The molecule has 1 amide bonds. The van der Waals surface area contributed by atoms with Gasteiger partial charge in [-0.05, 0) is 12.5 Å². The first-order chi connectivity index (χ1) is 6.63. The maximum atomic E-state index is 10.8. The first-order valence-electron chi connectivity index (χ1n) is 4.65. The average Bonchev–Trinajstić information content (AvgIpc) is 2.10. The molecule has 0 aliphatic rings. The Kier molecular flexibility index (Phi) is 3.45. The lowest BCUT2D eigenvalue weighted by Gasteiger charge is -2.06. The van der Waals surface area contributed by atoms with Crippen LogP contribution in [0.15, 0.2) is 12.3 Å². The SMILES string of the molecule is CCCc1cc(N)c(NC(C)=O)cn1. The molecule has 0 atom stereocenters. The Bertz CT molecular complexity index is 336. The standard InChI is InChI=1S/C10H15N3O/c1-3-4-8-5-9(11)10(6-12-8)13-7(2)14/h5-6H,3-4H2,1-2H3,(H2,11,12)(H,13,14). The zero-order valence-corrected chi connectivity index (χ0v) is 8.50. The summed E-state index contributed by atoms with van der Waals surface area (Å²) in [6.07, 6.45) is 3.54. The minimum Gasteiger partial charge on any atom is -0.397 e. The van der Waals surface area contributed by atoms with E-state index in [0.29, 0.717) is 11.4 Å². The number of hydrogen-bond donors (Lipinski definition) is 2. The summed E-state index contributed by atoms with van der Waals surface area (Å²) in [5, 5.41) is 2.62. The van der Waals surface area contributed by atoms with Crippen LogP contribution in [0.25, 0.3) is 0 Å². The van der Waals surface area contributed by atoms with Crippen molar-refractivity contribution in [3.63, 3.8) is 0 Å². The number of nitrogens with one attached hydrogen (secondary N) is 1. The summed E-state index contributed by atoms with van der Waals surface area (Å²) in [6, 6.07) is 1.80. The molecule has 0 saturated heterocycles. The first-order valence-corrected chi connectivity index (χ1v) is 4.65. The summed E-state index contributed by atoms with van der Waals surface area (Å²) in [5.41, 5.74) is 7.85. The van der Waals surface area contributed by atoms with Crippen LogP contribution < -0.4 is 11.1 Å². The van der Waals surface area contributed by atoms with Crippen molar-refractivity contribution in [2.75, 3.05) is 11.1 Å². The number of aryl methyl sites for hydroxylation is 1. The molecule has 4 heteroatoms. The minimum absolute atomic E-state index is 0.137. The van der Waals surface area contributed by atoms with Crippen molar-refractivity contribution in [2.45, 2.75) is 26.7 Å². The van der Waals surface area contributed by atoms with Crippen LogP contribution >= 0.6 is 0 Å². The van der Waals surface area contributed by atoms with Crippen LogP contribution in [-0.4, -0.2) is 10.9 Å². The third-order valence-electron chi connectivity index (χ3n) is 1.81. The zero-order chi connectivity index (χ0) is 10.6. The lowest BCUT2D eigenvalue weighted by Crippen LogP contribution is -2.09. The van der Waals surface area contributed by atoms with E-state index in [2.05, 4.69) is 17.2 Å². The van der Waals surface area contributed by atoms with Crippen LogP contribution in [0.2, 0.25) is 0 Å². The van der Waals surface area contributed by atoms with Crippen molar-refractivity contribution >= 4 is 17.3 Å². The number of pyridine rings is 1. The monoisotopic (exact) mass is 193 g/mol. The van der Waals surface area contributed by atoms with E-state index in [-0.39, 0.29) is 5.91 Å². The van der Waals surface area contributed by atoms with Crippen molar-refractivity contribution in [1.29, 1.82) is 0 Å². The number of nitrogen functional groups attached to an aromatic ring is 1. The van der Waals surface area contributed by atoms with Gasteiger partial charge in [0.05, 0.1) is 17.6 Å². The molecule has 1 rings (SSSR count). The molecule has 0 saturated carbocycles. The van der Waals surface area contributed by atoms with E-state index in [1.54, 1.807) is 12.3 Å². The van der Waals surface area contributed by atoms with Gasteiger partial charge < -0.3 is 11.1 Å². The number of aromatic nitrogens is 1. The molecule has 0 aromatic carbocycles. The van der Waals surface area contributed by atoms with Gasteiger partial charge in [-0.25, -0.2) is 0 Å². The van der Waals surface area contributed by atoms with Gasteiger partial charge in [0.25, 0.3) is 0 Å². The Balaban J connectivity index is 2.84. The Labute approximate surface area is 83.5 Å². The number of nitrogens with zero attached hydrogens (tertiary/aromatic N) is 1. The molecule has 0 spiro atoms. The van der Waals surface area contributed by atoms with Crippen molar-refractivity contribution in [2.24, 2.45) is 0 Å². The van der Waals surface area contributed by atoms with Crippen molar-refractivity contribution in [1.82, 2.24) is 4.98 Å². The van der Waals surface area contributed by atoms with Gasteiger partial charge in [-0.3, -0.25) is 9.78 Å². The van der Waals surface area contributed by atoms with Crippen LogP contribution in [0, 0.1) is 0 Å². The Morgan fingerprint density at radius 1 is 1.64 bits per heavy atom. The Morgan fingerprint density at radius 3 is 2.86 bits per heavy atom. The van der Waals surface area contributed by atoms with E-state index in [9.17, 15) is 4.79 Å². The summed E-state index contributed by atoms with van der Waals surface area (Å²) in [7, 11) is 0. The molecule has 1 heterocycles.